The quantitative estimate of drug-likeness (QED) is 0.860. The van der Waals surface area contributed by atoms with Crippen molar-refractivity contribution in [1.82, 2.24) is 15.2 Å². The molecule has 0 saturated carbocycles. The lowest BCUT2D eigenvalue weighted by Gasteiger charge is -2.34. The average molecular weight is 318 g/mol. The van der Waals surface area contributed by atoms with Crippen LogP contribution in [0.25, 0.3) is 0 Å². The van der Waals surface area contributed by atoms with E-state index < -0.39 is 0 Å². The molecule has 2 unspecified atom stereocenters. The normalized spacial score (nSPS) is 24.4. The highest BCUT2D eigenvalue weighted by atomic mass is 35.5. The molecular formula is C14H21Cl2N3O. The van der Waals surface area contributed by atoms with Gasteiger partial charge in [-0.1, -0.05) is 0 Å². The van der Waals surface area contributed by atoms with Crippen LogP contribution in [-0.2, 0) is 0 Å². The van der Waals surface area contributed by atoms with Crippen LogP contribution in [0.2, 0.25) is 0 Å². The van der Waals surface area contributed by atoms with Gasteiger partial charge in [0, 0.05) is 25.5 Å². The lowest BCUT2D eigenvalue weighted by atomic mass is 9.88. The van der Waals surface area contributed by atoms with Crippen LogP contribution in [0.1, 0.15) is 22.3 Å². The molecule has 2 atom stereocenters. The van der Waals surface area contributed by atoms with E-state index in [4.69, 9.17) is 0 Å². The molecule has 112 valence electrons. The largest absolute Gasteiger partial charge is 0.338 e. The summed E-state index contributed by atoms with van der Waals surface area (Å²) in [5.74, 6) is 1.54. The lowest BCUT2D eigenvalue weighted by Crippen LogP contribution is -2.43. The van der Waals surface area contributed by atoms with E-state index >= 15 is 0 Å². The zero-order chi connectivity index (χ0) is 12.5. The summed E-state index contributed by atoms with van der Waals surface area (Å²) in [5, 5.41) is 3.42. The summed E-state index contributed by atoms with van der Waals surface area (Å²) in [4.78, 5) is 18.5. The molecule has 2 aliphatic heterocycles. The van der Waals surface area contributed by atoms with Crippen molar-refractivity contribution in [3.63, 3.8) is 0 Å². The van der Waals surface area contributed by atoms with Crippen LogP contribution in [0, 0.1) is 18.8 Å². The van der Waals surface area contributed by atoms with E-state index in [1.54, 1.807) is 12.4 Å². The molecule has 1 aromatic heterocycles. The third kappa shape index (κ3) is 3.43. The van der Waals surface area contributed by atoms with Crippen LogP contribution in [-0.4, -0.2) is 42.0 Å². The maximum Gasteiger partial charge on any atom is 0.255 e. The first-order chi connectivity index (χ1) is 8.74. The SMILES string of the molecule is Cc1cncc(C(=O)N2CCC3CNCC3C2)c1.Cl.Cl. The number of halogens is 2. The number of aryl methyl sites for hydroxylation is 1. The Kier molecular flexibility index (Phi) is 6.24. The van der Waals surface area contributed by atoms with E-state index in [0.29, 0.717) is 5.92 Å². The van der Waals surface area contributed by atoms with Crippen molar-refractivity contribution < 1.29 is 4.79 Å². The van der Waals surface area contributed by atoms with Crippen molar-refractivity contribution in [3.8, 4) is 0 Å². The van der Waals surface area contributed by atoms with E-state index in [-0.39, 0.29) is 30.7 Å². The number of nitrogens with one attached hydrogen (secondary N) is 1. The molecule has 0 spiro atoms. The van der Waals surface area contributed by atoms with Gasteiger partial charge in [0.25, 0.3) is 5.91 Å². The Labute approximate surface area is 132 Å². The summed E-state index contributed by atoms with van der Waals surface area (Å²) in [6, 6.07) is 1.92. The molecule has 20 heavy (non-hydrogen) atoms. The minimum atomic E-state index is 0. The second-order valence-corrected chi connectivity index (χ2v) is 5.47. The van der Waals surface area contributed by atoms with Gasteiger partial charge >= 0.3 is 0 Å². The highest BCUT2D eigenvalue weighted by Crippen LogP contribution is 2.27. The van der Waals surface area contributed by atoms with Crippen LogP contribution in [0.15, 0.2) is 18.5 Å². The van der Waals surface area contributed by atoms with E-state index in [2.05, 4.69) is 10.3 Å². The zero-order valence-electron chi connectivity index (χ0n) is 11.5. The fourth-order valence-corrected chi connectivity index (χ4v) is 3.07. The maximum absolute atomic E-state index is 12.4. The fraction of sp³-hybridized carbons (Fsp3) is 0.571. The molecule has 2 aliphatic rings. The molecule has 0 aliphatic carbocycles. The number of likely N-dealkylation sites (tertiary alicyclic amines) is 1. The summed E-state index contributed by atoms with van der Waals surface area (Å²) in [6.45, 7) is 5.93. The van der Waals surface area contributed by atoms with Gasteiger partial charge in [-0.2, -0.15) is 0 Å². The monoisotopic (exact) mass is 317 g/mol. The number of pyridine rings is 1. The first kappa shape index (κ1) is 17.2. The van der Waals surface area contributed by atoms with E-state index in [0.717, 1.165) is 49.6 Å². The Balaban J connectivity index is 0.000001000. The number of rotatable bonds is 1. The minimum Gasteiger partial charge on any atom is -0.338 e. The molecule has 6 heteroatoms. The number of hydrogen-bond acceptors (Lipinski definition) is 3. The van der Waals surface area contributed by atoms with E-state index in [9.17, 15) is 4.79 Å². The number of aromatic nitrogens is 1. The summed E-state index contributed by atoms with van der Waals surface area (Å²) in [7, 11) is 0. The highest BCUT2D eigenvalue weighted by Gasteiger charge is 2.34. The number of piperidine rings is 1. The predicted molar refractivity (Wildman–Crippen MR) is 83.8 cm³/mol. The summed E-state index contributed by atoms with van der Waals surface area (Å²) < 4.78 is 0. The predicted octanol–water partition coefficient (Wildman–Crippen LogP) is 1.92. The fourth-order valence-electron chi connectivity index (χ4n) is 3.07. The van der Waals surface area contributed by atoms with Gasteiger partial charge in [0.15, 0.2) is 0 Å². The molecule has 3 rings (SSSR count). The van der Waals surface area contributed by atoms with Gasteiger partial charge in [-0.05, 0) is 49.9 Å². The number of hydrogen-bond donors (Lipinski definition) is 1. The minimum absolute atomic E-state index is 0. The Morgan fingerprint density at radius 2 is 2.05 bits per heavy atom. The van der Waals surface area contributed by atoms with Crippen molar-refractivity contribution in [1.29, 1.82) is 0 Å². The lowest BCUT2D eigenvalue weighted by molar-refractivity contribution is 0.0642. The molecule has 3 heterocycles. The molecule has 1 N–H and O–H groups in total. The van der Waals surface area contributed by atoms with Crippen LogP contribution in [0.5, 0.6) is 0 Å². The van der Waals surface area contributed by atoms with Gasteiger partial charge in [-0.25, -0.2) is 0 Å². The molecule has 4 nitrogen and oxygen atoms in total. The number of carbonyl (C=O) groups is 1. The molecule has 1 aromatic rings. The van der Waals surface area contributed by atoms with Crippen molar-refractivity contribution in [2.45, 2.75) is 13.3 Å². The van der Waals surface area contributed by atoms with Gasteiger partial charge < -0.3 is 10.2 Å². The second-order valence-electron chi connectivity index (χ2n) is 5.47. The number of fused-ring (bicyclic) bond motifs is 1. The summed E-state index contributed by atoms with van der Waals surface area (Å²) in [6.07, 6.45) is 4.58. The first-order valence-corrected chi connectivity index (χ1v) is 6.65. The van der Waals surface area contributed by atoms with E-state index in [1.165, 1.54) is 0 Å². The number of amides is 1. The Morgan fingerprint density at radius 1 is 1.30 bits per heavy atom. The zero-order valence-corrected chi connectivity index (χ0v) is 13.2. The van der Waals surface area contributed by atoms with E-state index in [1.807, 2.05) is 17.9 Å². The highest BCUT2D eigenvalue weighted by molar-refractivity contribution is 5.94. The molecule has 2 saturated heterocycles. The van der Waals surface area contributed by atoms with Crippen molar-refractivity contribution >= 4 is 30.7 Å². The average Bonchev–Trinajstić information content (AvgIpc) is 2.85. The molecule has 1 amide bonds. The second kappa shape index (κ2) is 7.25. The third-order valence-corrected chi connectivity index (χ3v) is 4.11. The summed E-state index contributed by atoms with van der Waals surface area (Å²) >= 11 is 0. The molecular weight excluding hydrogens is 297 g/mol. The molecule has 0 radical (unpaired) electrons. The van der Waals surface area contributed by atoms with Crippen molar-refractivity contribution in [3.05, 3.63) is 29.6 Å². The van der Waals surface area contributed by atoms with Gasteiger partial charge in [0.1, 0.15) is 0 Å². The van der Waals surface area contributed by atoms with Crippen molar-refractivity contribution in [2.75, 3.05) is 26.2 Å². The van der Waals surface area contributed by atoms with Crippen LogP contribution in [0.4, 0.5) is 0 Å². The summed E-state index contributed by atoms with van der Waals surface area (Å²) in [5.41, 5.74) is 1.76. The van der Waals surface area contributed by atoms with Gasteiger partial charge in [-0.15, -0.1) is 24.8 Å². The first-order valence-electron chi connectivity index (χ1n) is 6.65. The van der Waals surface area contributed by atoms with Gasteiger partial charge in [-0.3, -0.25) is 9.78 Å². The third-order valence-electron chi connectivity index (χ3n) is 4.11. The van der Waals surface area contributed by atoms with Gasteiger partial charge in [0.05, 0.1) is 5.56 Å². The Hall–Kier alpha value is -0.840. The number of carbonyl (C=O) groups excluding carboxylic acids is 1. The molecule has 2 fully saturated rings. The van der Waals surface area contributed by atoms with Crippen LogP contribution >= 0.6 is 24.8 Å². The maximum atomic E-state index is 12.4. The van der Waals surface area contributed by atoms with Crippen molar-refractivity contribution in [2.24, 2.45) is 11.8 Å². The van der Waals surface area contributed by atoms with Crippen LogP contribution in [0.3, 0.4) is 0 Å². The van der Waals surface area contributed by atoms with Gasteiger partial charge in [0.2, 0.25) is 0 Å². The van der Waals surface area contributed by atoms with Crippen LogP contribution < -0.4 is 5.32 Å². The number of nitrogens with zero attached hydrogens (tertiary/aromatic N) is 2. The standard InChI is InChI=1S/C14H19N3O.2ClH/c1-10-4-12(7-15-5-10)14(18)17-3-2-11-6-16-8-13(11)9-17;;/h4-5,7,11,13,16H,2-3,6,8-9H2,1H3;2*1H. The molecule has 0 aromatic carbocycles. The Bertz CT molecular complexity index is 469. The topological polar surface area (TPSA) is 45.2 Å². The smallest absolute Gasteiger partial charge is 0.255 e. The molecule has 0 bridgehead atoms. The Morgan fingerprint density at radius 3 is 2.80 bits per heavy atom.